The van der Waals surface area contributed by atoms with Crippen molar-refractivity contribution in [1.82, 2.24) is 4.98 Å². The number of nitrogens with one attached hydrogen (secondary N) is 1. The van der Waals surface area contributed by atoms with Crippen LogP contribution in [0.5, 0.6) is 0 Å². The fraction of sp³-hybridized carbons (Fsp3) is 0. The third-order valence-electron chi connectivity index (χ3n) is 1.53. The maximum Gasteiger partial charge on any atom is 0.305 e. The van der Waals surface area contributed by atoms with E-state index in [9.17, 15) is 4.79 Å². The number of aromatic nitrogens is 1. The highest BCUT2D eigenvalue weighted by Gasteiger charge is 1.98. The molecule has 3 nitrogen and oxygen atoms in total. The van der Waals surface area contributed by atoms with Gasteiger partial charge < -0.3 is 4.98 Å². The number of H-pyrrole nitrogens is 1. The molecule has 0 atom stereocenters. The second kappa shape index (κ2) is 2.47. The van der Waals surface area contributed by atoms with Crippen LogP contribution in [0, 0.1) is 6.57 Å². The van der Waals surface area contributed by atoms with Gasteiger partial charge in [-0.2, -0.15) is 0 Å². The van der Waals surface area contributed by atoms with Crippen LogP contribution >= 0.6 is 11.3 Å². The first kappa shape index (κ1) is 7.07. The Kier molecular flexibility index (Phi) is 1.45. The lowest BCUT2D eigenvalue weighted by Crippen LogP contribution is -1.89. The van der Waals surface area contributed by atoms with Gasteiger partial charge in [0.1, 0.15) is 0 Å². The van der Waals surface area contributed by atoms with Gasteiger partial charge in [-0.25, -0.2) is 4.85 Å². The molecule has 0 saturated heterocycles. The molecule has 0 radical (unpaired) electrons. The van der Waals surface area contributed by atoms with Gasteiger partial charge in [0.2, 0.25) is 0 Å². The molecule has 0 saturated carbocycles. The van der Waals surface area contributed by atoms with Gasteiger partial charge >= 0.3 is 4.87 Å². The van der Waals surface area contributed by atoms with Crippen LogP contribution in [0.1, 0.15) is 0 Å². The summed E-state index contributed by atoms with van der Waals surface area (Å²) in [6.07, 6.45) is 0. The summed E-state index contributed by atoms with van der Waals surface area (Å²) in [5.41, 5.74) is 1.30. The van der Waals surface area contributed by atoms with Gasteiger partial charge in [-0.1, -0.05) is 23.5 Å². The van der Waals surface area contributed by atoms with E-state index in [0.29, 0.717) is 5.69 Å². The molecule has 0 bridgehead atoms. The minimum absolute atomic E-state index is 0.0767. The highest BCUT2D eigenvalue weighted by molar-refractivity contribution is 7.16. The quantitative estimate of drug-likeness (QED) is 0.613. The molecule has 0 fully saturated rings. The number of hydrogen-bond donors (Lipinski definition) is 1. The van der Waals surface area contributed by atoms with E-state index in [2.05, 4.69) is 9.83 Å². The zero-order chi connectivity index (χ0) is 8.55. The van der Waals surface area contributed by atoms with Crippen molar-refractivity contribution in [2.45, 2.75) is 0 Å². The number of hydrogen-bond acceptors (Lipinski definition) is 2. The van der Waals surface area contributed by atoms with Crippen LogP contribution in [0.3, 0.4) is 0 Å². The molecule has 0 aliphatic rings. The Labute approximate surface area is 72.1 Å². The van der Waals surface area contributed by atoms with Crippen LogP contribution in [-0.2, 0) is 0 Å². The van der Waals surface area contributed by atoms with Crippen LogP contribution < -0.4 is 4.87 Å². The van der Waals surface area contributed by atoms with Crippen LogP contribution in [0.4, 0.5) is 5.69 Å². The number of thiazole rings is 1. The third kappa shape index (κ3) is 1.00. The minimum atomic E-state index is -0.0767. The van der Waals surface area contributed by atoms with Crippen molar-refractivity contribution >= 4 is 27.2 Å². The summed E-state index contributed by atoms with van der Waals surface area (Å²) in [5.74, 6) is 0. The molecule has 0 amide bonds. The Bertz CT molecular complexity index is 518. The normalized spacial score (nSPS) is 9.92. The minimum Gasteiger partial charge on any atom is -0.313 e. The van der Waals surface area contributed by atoms with Crippen LogP contribution in [0.25, 0.3) is 15.1 Å². The van der Waals surface area contributed by atoms with Crippen LogP contribution in [0.15, 0.2) is 23.0 Å². The summed E-state index contributed by atoms with van der Waals surface area (Å²) < 4.78 is 0.896. The first-order chi connectivity index (χ1) is 5.79. The molecule has 0 aliphatic carbocycles. The smallest absolute Gasteiger partial charge is 0.305 e. The average Bonchev–Trinajstić information content (AvgIpc) is 2.43. The molecule has 1 aromatic carbocycles. The number of rotatable bonds is 0. The van der Waals surface area contributed by atoms with Gasteiger partial charge in [-0.15, -0.1) is 0 Å². The van der Waals surface area contributed by atoms with Gasteiger partial charge in [-0.05, 0) is 6.07 Å². The van der Waals surface area contributed by atoms with Crippen molar-refractivity contribution in [2.24, 2.45) is 0 Å². The Morgan fingerprint density at radius 2 is 2.33 bits per heavy atom. The number of nitrogens with zero attached hydrogens (tertiary/aromatic N) is 1. The van der Waals surface area contributed by atoms with Gasteiger partial charge in [0, 0.05) is 5.52 Å². The van der Waals surface area contributed by atoms with Crippen molar-refractivity contribution in [3.8, 4) is 0 Å². The second-order valence-electron chi connectivity index (χ2n) is 2.31. The van der Waals surface area contributed by atoms with Gasteiger partial charge in [-0.3, -0.25) is 4.79 Å². The Morgan fingerprint density at radius 3 is 3.08 bits per heavy atom. The Hall–Kier alpha value is -1.60. The molecule has 2 aromatic rings. The van der Waals surface area contributed by atoms with E-state index in [-0.39, 0.29) is 4.87 Å². The third-order valence-corrected chi connectivity index (χ3v) is 2.39. The van der Waals surface area contributed by atoms with E-state index in [4.69, 9.17) is 6.57 Å². The fourth-order valence-corrected chi connectivity index (χ4v) is 1.73. The fourth-order valence-electron chi connectivity index (χ4n) is 1.01. The zero-order valence-corrected chi connectivity index (χ0v) is 6.81. The predicted octanol–water partition coefficient (Wildman–Crippen LogP) is 2.14. The molecule has 58 valence electrons. The lowest BCUT2D eigenvalue weighted by molar-refractivity contribution is 1.41. The van der Waals surface area contributed by atoms with E-state index in [1.807, 2.05) is 0 Å². The summed E-state index contributed by atoms with van der Waals surface area (Å²) in [6, 6.07) is 5.17. The molecule has 4 heteroatoms. The predicted molar refractivity (Wildman–Crippen MR) is 48.7 cm³/mol. The number of fused-ring (bicyclic) bond motifs is 1. The van der Waals surface area contributed by atoms with Crippen molar-refractivity contribution in [1.29, 1.82) is 0 Å². The molecular weight excluding hydrogens is 172 g/mol. The molecule has 1 aromatic heterocycles. The first-order valence-corrected chi connectivity index (χ1v) is 4.11. The summed E-state index contributed by atoms with van der Waals surface area (Å²) >= 11 is 1.16. The molecule has 0 aliphatic heterocycles. The van der Waals surface area contributed by atoms with E-state index >= 15 is 0 Å². The van der Waals surface area contributed by atoms with E-state index < -0.39 is 0 Å². The summed E-state index contributed by atoms with van der Waals surface area (Å²) in [7, 11) is 0. The topological polar surface area (TPSA) is 37.2 Å². The van der Waals surface area contributed by atoms with Crippen molar-refractivity contribution < 1.29 is 0 Å². The van der Waals surface area contributed by atoms with Crippen molar-refractivity contribution in [3.63, 3.8) is 0 Å². The van der Waals surface area contributed by atoms with E-state index in [1.54, 1.807) is 18.2 Å². The first-order valence-electron chi connectivity index (χ1n) is 3.30. The molecule has 12 heavy (non-hydrogen) atoms. The highest BCUT2D eigenvalue weighted by atomic mass is 32.1. The maximum atomic E-state index is 10.9. The monoisotopic (exact) mass is 176 g/mol. The summed E-state index contributed by atoms with van der Waals surface area (Å²) in [4.78, 5) is 16.7. The SMILES string of the molecule is [C-]#[N+]c1ccc2sc(=O)[nH]c2c1. The van der Waals surface area contributed by atoms with Crippen molar-refractivity contribution in [3.05, 3.63) is 39.3 Å². The summed E-state index contributed by atoms with van der Waals surface area (Å²) in [5, 5.41) is 0. The largest absolute Gasteiger partial charge is 0.313 e. The molecule has 2 rings (SSSR count). The Morgan fingerprint density at radius 1 is 1.50 bits per heavy atom. The van der Waals surface area contributed by atoms with Crippen molar-refractivity contribution in [2.75, 3.05) is 0 Å². The van der Waals surface area contributed by atoms with Crippen LogP contribution in [-0.4, -0.2) is 4.98 Å². The highest BCUT2D eigenvalue weighted by Crippen LogP contribution is 2.20. The lowest BCUT2D eigenvalue weighted by Gasteiger charge is -1.87. The number of benzene rings is 1. The van der Waals surface area contributed by atoms with E-state index in [0.717, 1.165) is 21.6 Å². The lowest BCUT2D eigenvalue weighted by atomic mass is 10.3. The van der Waals surface area contributed by atoms with Gasteiger partial charge in [0.25, 0.3) is 0 Å². The summed E-state index contributed by atoms with van der Waals surface area (Å²) in [6.45, 7) is 6.76. The average molecular weight is 176 g/mol. The van der Waals surface area contributed by atoms with Gasteiger partial charge in [0.15, 0.2) is 5.69 Å². The standard InChI is InChI=1S/C8H4N2OS/c1-9-5-2-3-7-6(4-5)10-8(11)12-7/h2-4H,(H,10,11). The van der Waals surface area contributed by atoms with Gasteiger partial charge in [0.05, 0.1) is 11.3 Å². The zero-order valence-electron chi connectivity index (χ0n) is 6.00. The molecule has 1 N–H and O–H groups in total. The Balaban J connectivity index is 2.85. The maximum absolute atomic E-state index is 10.9. The molecule has 0 spiro atoms. The van der Waals surface area contributed by atoms with Crippen LogP contribution in [0.2, 0.25) is 0 Å². The molecular formula is C8H4N2OS. The number of aromatic amines is 1. The van der Waals surface area contributed by atoms with E-state index in [1.165, 1.54) is 0 Å². The molecule has 0 unspecified atom stereocenters. The second-order valence-corrected chi connectivity index (χ2v) is 3.32. The molecule has 1 heterocycles.